The maximum atomic E-state index is 12.2. The standard InChI is InChI=1S/C15H14N2O2S2/c1-11-6-7-15(20-11)21(18,19)17-10-12-8-13-4-2-3-5-14(13)16-9-12/h2-9,17H,10H2,1H3. The average Bonchev–Trinajstić information content (AvgIpc) is 2.92. The highest BCUT2D eigenvalue weighted by Gasteiger charge is 2.15. The van der Waals surface area contributed by atoms with E-state index in [0.29, 0.717) is 4.21 Å². The smallest absolute Gasteiger partial charge is 0.250 e. The molecule has 0 atom stereocenters. The second-order valence-corrected chi connectivity index (χ2v) is 8.01. The fourth-order valence-corrected chi connectivity index (χ4v) is 4.36. The second kappa shape index (κ2) is 5.55. The second-order valence-electron chi connectivity index (χ2n) is 4.73. The monoisotopic (exact) mass is 318 g/mol. The van der Waals surface area contributed by atoms with Gasteiger partial charge in [-0.25, -0.2) is 13.1 Å². The molecular formula is C15H14N2O2S2. The molecule has 0 saturated carbocycles. The van der Waals surface area contributed by atoms with Gasteiger partial charge in [-0.3, -0.25) is 4.98 Å². The molecular weight excluding hydrogens is 304 g/mol. The van der Waals surface area contributed by atoms with Gasteiger partial charge in [0.1, 0.15) is 4.21 Å². The van der Waals surface area contributed by atoms with Gasteiger partial charge in [-0.15, -0.1) is 11.3 Å². The van der Waals surface area contributed by atoms with Crippen molar-refractivity contribution in [3.8, 4) is 0 Å². The zero-order chi connectivity index (χ0) is 14.9. The van der Waals surface area contributed by atoms with Crippen molar-refractivity contribution in [3.63, 3.8) is 0 Å². The number of pyridine rings is 1. The van der Waals surface area contributed by atoms with Crippen molar-refractivity contribution in [1.82, 2.24) is 9.71 Å². The summed E-state index contributed by atoms with van der Waals surface area (Å²) < 4.78 is 27.3. The molecule has 1 N–H and O–H groups in total. The van der Waals surface area contributed by atoms with Gasteiger partial charge in [0.2, 0.25) is 10.0 Å². The SMILES string of the molecule is Cc1ccc(S(=O)(=O)NCc2cnc3ccccc3c2)s1. The van der Waals surface area contributed by atoms with Crippen molar-refractivity contribution < 1.29 is 8.42 Å². The maximum absolute atomic E-state index is 12.2. The molecule has 0 unspecified atom stereocenters. The van der Waals surface area contributed by atoms with Crippen LogP contribution in [0.3, 0.4) is 0 Å². The minimum atomic E-state index is -3.45. The van der Waals surface area contributed by atoms with Crippen LogP contribution in [0.5, 0.6) is 0 Å². The lowest BCUT2D eigenvalue weighted by Gasteiger charge is -2.05. The Labute approximate surface area is 127 Å². The molecule has 0 spiro atoms. The first-order chi connectivity index (χ1) is 10.0. The number of thiophene rings is 1. The van der Waals surface area contributed by atoms with Crippen LogP contribution in [-0.2, 0) is 16.6 Å². The van der Waals surface area contributed by atoms with Gasteiger partial charge in [0.05, 0.1) is 5.52 Å². The van der Waals surface area contributed by atoms with E-state index in [2.05, 4.69) is 9.71 Å². The van der Waals surface area contributed by atoms with Gasteiger partial charge in [0, 0.05) is 23.0 Å². The van der Waals surface area contributed by atoms with E-state index in [1.807, 2.05) is 37.3 Å². The summed E-state index contributed by atoms with van der Waals surface area (Å²) in [6, 6.07) is 13.1. The summed E-state index contributed by atoms with van der Waals surface area (Å²) in [5.74, 6) is 0. The minimum absolute atomic E-state index is 0.233. The maximum Gasteiger partial charge on any atom is 0.250 e. The molecule has 0 saturated heterocycles. The number of sulfonamides is 1. The molecule has 0 aliphatic carbocycles. The van der Waals surface area contributed by atoms with Gasteiger partial charge >= 0.3 is 0 Å². The summed E-state index contributed by atoms with van der Waals surface area (Å²) in [5.41, 5.74) is 1.74. The Morgan fingerprint density at radius 3 is 2.76 bits per heavy atom. The molecule has 3 rings (SSSR count). The van der Waals surface area contributed by atoms with Crippen LogP contribution in [0.15, 0.2) is 52.9 Å². The van der Waals surface area contributed by atoms with E-state index in [0.717, 1.165) is 21.3 Å². The summed E-state index contributed by atoms with van der Waals surface area (Å²) in [6.07, 6.45) is 1.70. The van der Waals surface area contributed by atoms with Gasteiger partial charge in [-0.1, -0.05) is 18.2 Å². The van der Waals surface area contributed by atoms with Crippen molar-refractivity contribution in [2.75, 3.05) is 0 Å². The van der Waals surface area contributed by atoms with Gasteiger partial charge < -0.3 is 0 Å². The van der Waals surface area contributed by atoms with E-state index in [9.17, 15) is 8.42 Å². The molecule has 2 heterocycles. The van der Waals surface area contributed by atoms with Crippen molar-refractivity contribution >= 4 is 32.3 Å². The molecule has 0 fully saturated rings. The number of aryl methyl sites for hydroxylation is 1. The molecule has 4 nitrogen and oxygen atoms in total. The van der Waals surface area contributed by atoms with Crippen LogP contribution in [0.1, 0.15) is 10.4 Å². The predicted octanol–water partition coefficient (Wildman–Crippen LogP) is 3.08. The highest BCUT2D eigenvalue weighted by molar-refractivity contribution is 7.91. The third-order valence-electron chi connectivity index (χ3n) is 3.09. The first-order valence-electron chi connectivity index (χ1n) is 6.44. The molecule has 6 heteroatoms. The number of fused-ring (bicyclic) bond motifs is 1. The molecule has 3 aromatic rings. The van der Waals surface area contributed by atoms with Crippen molar-refractivity contribution in [1.29, 1.82) is 0 Å². The average molecular weight is 318 g/mol. The lowest BCUT2D eigenvalue weighted by Crippen LogP contribution is -2.22. The molecule has 0 amide bonds. The third-order valence-corrected chi connectivity index (χ3v) is 5.99. The first-order valence-corrected chi connectivity index (χ1v) is 8.74. The Hall–Kier alpha value is -1.76. The number of nitrogens with one attached hydrogen (secondary N) is 1. The zero-order valence-electron chi connectivity index (χ0n) is 11.4. The fraction of sp³-hybridized carbons (Fsp3) is 0.133. The van der Waals surface area contributed by atoms with Crippen LogP contribution < -0.4 is 4.72 Å². The summed E-state index contributed by atoms with van der Waals surface area (Å²) in [5, 5.41) is 1.00. The van der Waals surface area contributed by atoms with Crippen LogP contribution in [0.25, 0.3) is 10.9 Å². The number of nitrogens with zero attached hydrogens (tertiary/aromatic N) is 1. The Morgan fingerprint density at radius 2 is 2.00 bits per heavy atom. The number of hydrogen-bond acceptors (Lipinski definition) is 4. The highest BCUT2D eigenvalue weighted by atomic mass is 32.2. The molecule has 0 radical (unpaired) electrons. The van der Waals surface area contributed by atoms with Crippen LogP contribution in [0.2, 0.25) is 0 Å². The number of rotatable bonds is 4. The van der Waals surface area contributed by atoms with Crippen LogP contribution in [0, 0.1) is 6.92 Å². The number of para-hydroxylation sites is 1. The quantitative estimate of drug-likeness (QED) is 0.804. The fourth-order valence-electron chi connectivity index (χ4n) is 2.02. The first kappa shape index (κ1) is 14.2. The van der Waals surface area contributed by atoms with Crippen LogP contribution in [0.4, 0.5) is 0 Å². The van der Waals surface area contributed by atoms with Gasteiger partial charge in [0.15, 0.2) is 0 Å². The van der Waals surface area contributed by atoms with E-state index in [-0.39, 0.29) is 6.54 Å². The van der Waals surface area contributed by atoms with E-state index in [4.69, 9.17) is 0 Å². The van der Waals surface area contributed by atoms with Crippen LogP contribution >= 0.6 is 11.3 Å². The molecule has 0 aliphatic heterocycles. The molecule has 0 bridgehead atoms. The summed E-state index contributed by atoms with van der Waals surface area (Å²) >= 11 is 1.27. The summed E-state index contributed by atoms with van der Waals surface area (Å²) in [6.45, 7) is 2.12. The Balaban J connectivity index is 1.80. The third kappa shape index (κ3) is 3.12. The van der Waals surface area contributed by atoms with Crippen molar-refractivity contribution in [2.45, 2.75) is 17.7 Å². The Kier molecular flexibility index (Phi) is 3.75. The normalized spacial score (nSPS) is 11.9. The highest BCUT2D eigenvalue weighted by Crippen LogP contribution is 2.20. The van der Waals surface area contributed by atoms with Gasteiger partial charge in [-0.05, 0) is 36.8 Å². The molecule has 1 aromatic carbocycles. The Morgan fingerprint density at radius 1 is 1.19 bits per heavy atom. The molecule has 21 heavy (non-hydrogen) atoms. The number of aromatic nitrogens is 1. The van der Waals surface area contributed by atoms with E-state index in [1.54, 1.807) is 18.3 Å². The van der Waals surface area contributed by atoms with E-state index < -0.39 is 10.0 Å². The van der Waals surface area contributed by atoms with Gasteiger partial charge in [-0.2, -0.15) is 0 Å². The molecule has 108 valence electrons. The summed E-state index contributed by atoms with van der Waals surface area (Å²) in [4.78, 5) is 5.30. The van der Waals surface area contributed by atoms with Crippen LogP contribution in [-0.4, -0.2) is 13.4 Å². The molecule has 2 aromatic heterocycles. The lowest BCUT2D eigenvalue weighted by atomic mass is 10.2. The van der Waals surface area contributed by atoms with Gasteiger partial charge in [0.25, 0.3) is 0 Å². The number of hydrogen-bond donors (Lipinski definition) is 1. The Bertz CT molecular complexity index is 885. The zero-order valence-corrected chi connectivity index (χ0v) is 13.0. The summed E-state index contributed by atoms with van der Waals surface area (Å²) in [7, 11) is -3.45. The van der Waals surface area contributed by atoms with E-state index in [1.165, 1.54) is 11.3 Å². The topological polar surface area (TPSA) is 59.1 Å². The van der Waals surface area contributed by atoms with E-state index >= 15 is 0 Å². The van der Waals surface area contributed by atoms with Crippen molar-refractivity contribution in [3.05, 3.63) is 59.1 Å². The predicted molar refractivity (Wildman–Crippen MR) is 84.8 cm³/mol. The largest absolute Gasteiger partial charge is 0.256 e. The number of benzene rings is 1. The molecule has 0 aliphatic rings. The van der Waals surface area contributed by atoms with Crippen molar-refractivity contribution in [2.24, 2.45) is 0 Å². The lowest BCUT2D eigenvalue weighted by molar-refractivity contribution is 0.583. The minimum Gasteiger partial charge on any atom is -0.256 e.